The molecule has 7 nitrogen and oxygen atoms in total. The standard InChI is InChI=1S/C21H21N5O2/c1-13-11-14(2)26(25-13)21-17-8-6-5-7-16(17)20(23-24-21)22-18-12-15(27-3)9-10-19(18)28-4/h5-12H,1-4H3,(H,22,23). The van der Waals surface area contributed by atoms with E-state index in [-0.39, 0.29) is 0 Å². The number of fused-ring (bicyclic) bond motifs is 1. The molecule has 0 spiro atoms. The number of aryl methyl sites for hydroxylation is 2. The van der Waals surface area contributed by atoms with Crippen LogP contribution in [0.25, 0.3) is 16.6 Å². The van der Waals surface area contributed by atoms with Crippen molar-refractivity contribution in [3.63, 3.8) is 0 Å². The predicted molar refractivity (Wildman–Crippen MR) is 109 cm³/mol. The summed E-state index contributed by atoms with van der Waals surface area (Å²) >= 11 is 0. The smallest absolute Gasteiger partial charge is 0.183 e. The molecule has 0 aliphatic carbocycles. The molecule has 142 valence electrons. The summed E-state index contributed by atoms with van der Waals surface area (Å²) in [5.74, 6) is 2.74. The van der Waals surface area contributed by atoms with Crippen molar-refractivity contribution in [2.75, 3.05) is 19.5 Å². The molecule has 7 heteroatoms. The summed E-state index contributed by atoms with van der Waals surface area (Å²) in [4.78, 5) is 0. The lowest BCUT2D eigenvalue weighted by Crippen LogP contribution is -2.07. The van der Waals surface area contributed by atoms with Gasteiger partial charge in [0.2, 0.25) is 0 Å². The van der Waals surface area contributed by atoms with Crippen molar-refractivity contribution in [3.05, 3.63) is 59.9 Å². The van der Waals surface area contributed by atoms with E-state index in [2.05, 4.69) is 20.6 Å². The summed E-state index contributed by atoms with van der Waals surface area (Å²) in [7, 11) is 3.26. The van der Waals surface area contributed by atoms with Gasteiger partial charge in [-0.15, -0.1) is 10.2 Å². The summed E-state index contributed by atoms with van der Waals surface area (Å²) in [6, 6.07) is 15.6. The second-order valence-corrected chi connectivity index (χ2v) is 6.45. The Balaban J connectivity index is 1.84. The largest absolute Gasteiger partial charge is 0.497 e. The molecule has 0 saturated heterocycles. The van der Waals surface area contributed by atoms with Gasteiger partial charge in [-0.25, -0.2) is 4.68 Å². The van der Waals surface area contributed by atoms with Crippen molar-refractivity contribution in [3.8, 4) is 17.3 Å². The van der Waals surface area contributed by atoms with Gasteiger partial charge in [-0.05, 0) is 32.0 Å². The molecule has 0 aliphatic heterocycles. The molecule has 0 atom stereocenters. The summed E-state index contributed by atoms with van der Waals surface area (Å²) in [5, 5.41) is 18.7. The molecule has 0 fully saturated rings. The van der Waals surface area contributed by atoms with Gasteiger partial charge in [-0.1, -0.05) is 24.3 Å². The molecule has 4 rings (SSSR count). The fraction of sp³-hybridized carbons (Fsp3) is 0.190. The summed E-state index contributed by atoms with van der Waals surface area (Å²) in [6.07, 6.45) is 0. The minimum absolute atomic E-state index is 0.632. The van der Waals surface area contributed by atoms with Crippen LogP contribution in [0, 0.1) is 13.8 Å². The molecule has 0 aliphatic rings. The van der Waals surface area contributed by atoms with Crippen LogP contribution in [0.4, 0.5) is 11.5 Å². The Morgan fingerprint density at radius 1 is 0.893 bits per heavy atom. The first-order chi connectivity index (χ1) is 13.6. The van der Waals surface area contributed by atoms with Gasteiger partial charge >= 0.3 is 0 Å². The highest BCUT2D eigenvalue weighted by Gasteiger charge is 2.15. The Bertz CT molecular complexity index is 1150. The number of aromatic nitrogens is 4. The van der Waals surface area contributed by atoms with Crippen LogP contribution in [0.5, 0.6) is 11.5 Å². The zero-order valence-corrected chi connectivity index (χ0v) is 16.2. The second-order valence-electron chi connectivity index (χ2n) is 6.45. The number of benzene rings is 2. The normalized spacial score (nSPS) is 10.9. The lowest BCUT2D eigenvalue weighted by molar-refractivity contribution is 0.405. The van der Waals surface area contributed by atoms with Crippen molar-refractivity contribution >= 4 is 22.3 Å². The second kappa shape index (κ2) is 7.19. The van der Waals surface area contributed by atoms with Gasteiger partial charge in [0.05, 0.1) is 25.6 Å². The van der Waals surface area contributed by atoms with Gasteiger partial charge in [-0.2, -0.15) is 5.10 Å². The molecule has 2 aromatic carbocycles. The third kappa shape index (κ3) is 3.11. The molecular weight excluding hydrogens is 354 g/mol. The van der Waals surface area contributed by atoms with E-state index in [4.69, 9.17) is 9.47 Å². The lowest BCUT2D eigenvalue weighted by Gasteiger charge is -2.14. The first-order valence-electron chi connectivity index (χ1n) is 8.89. The van der Waals surface area contributed by atoms with Crippen molar-refractivity contribution < 1.29 is 9.47 Å². The van der Waals surface area contributed by atoms with Crippen LogP contribution in [0.15, 0.2) is 48.5 Å². The number of nitrogens with one attached hydrogen (secondary N) is 1. The van der Waals surface area contributed by atoms with Crippen LogP contribution in [-0.2, 0) is 0 Å². The number of rotatable bonds is 5. The Kier molecular flexibility index (Phi) is 4.57. The van der Waals surface area contributed by atoms with E-state index in [0.29, 0.717) is 17.4 Å². The zero-order valence-electron chi connectivity index (χ0n) is 16.2. The Labute approximate surface area is 162 Å². The molecule has 0 amide bonds. The van der Waals surface area contributed by atoms with Crippen LogP contribution in [-0.4, -0.2) is 34.2 Å². The maximum Gasteiger partial charge on any atom is 0.183 e. The number of methoxy groups -OCH3 is 2. The molecule has 4 aromatic rings. The highest BCUT2D eigenvalue weighted by molar-refractivity contribution is 5.97. The fourth-order valence-electron chi connectivity index (χ4n) is 3.22. The van der Waals surface area contributed by atoms with Crippen LogP contribution in [0.2, 0.25) is 0 Å². The quantitative estimate of drug-likeness (QED) is 0.564. The van der Waals surface area contributed by atoms with Gasteiger partial charge in [0, 0.05) is 22.5 Å². The third-order valence-electron chi connectivity index (χ3n) is 4.54. The highest BCUT2D eigenvalue weighted by Crippen LogP contribution is 2.34. The van der Waals surface area contributed by atoms with E-state index in [0.717, 1.165) is 33.6 Å². The topological polar surface area (TPSA) is 74.1 Å². The van der Waals surface area contributed by atoms with E-state index in [1.165, 1.54) is 0 Å². The number of anilines is 2. The van der Waals surface area contributed by atoms with Crippen LogP contribution in [0.1, 0.15) is 11.4 Å². The maximum absolute atomic E-state index is 5.46. The lowest BCUT2D eigenvalue weighted by atomic mass is 10.1. The van der Waals surface area contributed by atoms with E-state index >= 15 is 0 Å². The van der Waals surface area contributed by atoms with Crippen molar-refractivity contribution in [2.24, 2.45) is 0 Å². The van der Waals surface area contributed by atoms with E-state index < -0.39 is 0 Å². The molecule has 0 radical (unpaired) electrons. The van der Waals surface area contributed by atoms with Crippen LogP contribution < -0.4 is 14.8 Å². The monoisotopic (exact) mass is 375 g/mol. The first-order valence-corrected chi connectivity index (χ1v) is 8.89. The van der Waals surface area contributed by atoms with E-state index in [9.17, 15) is 0 Å². The number of hydrogen-bond donors (Lipinski definition) is 1. The van der Waals surface area contributed by atoms with Gasteiger partial charge in [0.25, 0.3) is 0 Å². The Morgan fingerprint density at radius 3 is 2.36 bits per heavy atom. The van der Waals surface area contributed by atoms with E-state index in [1.807, 2.05) is 67.1 Å². The van der Waals surface area contributed by atoms with Crippen LogP contribution >= 0.6 is 0 Å². The van der Waals surface area contributed by atoms with Crippen molar-refractivity contribution in [1.82, 2.24) is 20.0 Å². The summed E-state index contributed by atoms with van der Waals surface area (Å²) in [5.41, 5.74) is 2.69. The minimum Gasteiger partial charge on any atom is -0.497 e. The minimum atomic E-state index is 0.632. The van der Waals surface area contributed by atoms with Crippen LogP contribution in [0.3, 0.4) is 0 Å². The molecule has 28 heavy (non-hydrogen) atoms. The molecule has 0 bridgehead atoms. The first kappa shape index (κ1) is 17.8. The molecule has 2 aromatic heterocycles. The van der Waals surface area contributed by atoms with Gasteiger partial charge in [-0.3, -0.25) is 0 Å². The SMILES string of the molecule is COc1ccc(OC)c(Nc2nnc(-n3nc(C)cc3C)c3ccccc23)c1. The highest BCUT2D eigenvalue weighted by atomic mass is 16.5. The number of nitrogens with zero attached hydrogens (tertiary/aromatic N) is 4. The molecule has 1 N–H and O–H groups in total. The molecule has 2 heterocycles. The molecular formula is C21H21N5O2. The average molecular weight is 375 g/mol. The Hall–Kier alpha value is -3.61. The van der Waals surface area contributed by atoms with Crippen molar-refractivity contribution in [2.45, 2.75) is 13.8 Å². The summed E-state index contributed by atoms with van der Waals surface area (Å²) in [6.45, 7) is 3.97. The number of ether oxygens (including phenoxy) is 2. The molecule has 0 saturated carbocycles. The number of hydrogen-bond acceptors (Lipinski definition) is 6. The molecule has 0 unspecified atom stereocenters. The van der Waals surface area contributed by atoms with Gasteiger partial charge < -0.3 is 14.8 Å². The van der Waals surface area contributed by atoms with Gasteiger partial charge in [0.1, 0.15) is 11.5 Å². The zero-order chi connectivity index (χ0) is 19.7. The third-order valence-corrected chi connectivity index (χ3v) is 4.54. The summed E-state index contributed by atoms with van der Waals surface area (Å²) < 4.78 is 12.6. The maximum atomic E-state index is 5.46. The average Bonchev–Trinajstić information content (AvgIpc) is 3.06. The van der Waals surface area contributed by atoms with E-state index in [1.54, 1.807) is 14.2 Å². The predicted octanol–water partition coefficient (Wildman–Crippen LogP) is 4.19. The Morgan fingerprint density at radius 2 is 1.68 bits per heavy atom. The van der Waals surface area contributed by atoms with Gasteiger partial charge in [0.15, 0.2) is 11.6 Å². The fourth-order valence-corrected chi connectivity index (χ4v) is 3.22. The van der Waals surface area contributed by atoms with Crippen molar-refractivity contribution in [1.29, 1.82) is 0 Å².